The van der Waals surface area contributed by atoms with Crippen LogP contribution in [0.3, 0.4) is 0 Å². The van der Waals surface area contributed by atoms with Gasteiger partial charge in [0.1, 0.15) is 10.9 Å². The molecule has 0 amide bonds. The number of hydrogen-bond donors (Lipinski definition) is 0. The first kappa shape index (κ1) is 13.0. The number of aromatic nitrogens is 2. The fourth-order valence-electron chi connectivity index (χ4n) is 3.30. The largest absolute Gasteiger partial charge is 0.464 e. The number of hydrogen-bond acceptors (Lipinski definition) is 5. The maximum Gasteiger partial charge on any atom is 0.329 e. The highest BCUT2D eigenvalue weighted by molar-refractivity contribution is 7.18. The third-order valence-corrected chi connectivity index (χ3v) is 5.59. The van der Waals surface area contributed by atoms with Crippen LogP contribution < -0.4 is 5.56 Å². The lowest BCUT2D eigenvalue weighted by Crippen LogP contribution is -2.27. The fraction of sp³-hybridized carbons (Fsp3) is 0.533. The summed E-state index contributed by atoms with van der Waals surface area (Å²) in [6.07, 6.45) is 7.58. The lowest BCUT2D eigenvalue weighted by molar-refractivity contribution is -0.140. The molecule has 6 heteroatoms. The third-order valence-electron chi connectivity index (χ3n) is 4.39. The second-order valence-corrected chi connectivity index (χ2v) is 6.76. The van der Waals surface area contributed by atoms with E-state index in [0.29, 0.717) is 13.0 Å². The minimum absolute atomic E-state index is 0.0803. The van der Waals surface area contributed by atoms with Crippen LogP contribution in [0.2, 0.25) is 0 Å². The molecule has 3 heterocycles. The summed E-state index contributed by atoms with van der Waals surface area (Å²) in [5.74, 6) is -0.320. The quantitative estimate of drug-likeness (QED) is 0.598. The van der Waals surface area contributed by atoms with Crippen molar-refractivity contribution in [3.05, 3.63) is 27.1 Å². The van der Waals surface area contributed by atoms with Crippen molar-refractivity contribution in [1.29, 1.82) is 0 Å². The normalized spacial score (nSPS) is 22.1. The van der Waals surface area contributed by atoms with E-state index in [1.807, 2.05) is 0 Å². The maximum atomic E-state index is 12.8. The average Bonchev–Trinajstić information content (AvgIpc) is 2.97. The molecule has 2 aromatic rings. The lowest BCUT2D eigenvalue weighted by Gasteiger charge is -2.09. The van der Waals surface area contributed by atoms with Crippen LogP contribution in [0.25, 0.3) is 10.2 Å². The Kier molecular flexibility index (Phi) is 3.06. The summed E-state index contributed by atoms with van der Waals surface area (Å²) in [5, 5.41) is 0.735. The summed E-state index contributed by atoms with van der Waals surface area (Å²) < 4.78 is 6.45. The zero-order valence-electron chi connectivity index (χ0n) is 11.6. The number of thiophene rings is 1. The third kappa shape index (κ3) is 2.00. The number of aryl methyl sites for hydroxylation is 2. The van der Waals surface area contributed by atoms with E-state index in [1.165, 1.54) is 34.2 Å². The van der Waals surface area contributed by atoms with Gasteiger partial charge in [-0.3, -0.25) is 9.36 Å². The number of rotatable bonds is 1. The molecule has 1 atom stereocenters. The Balaban J connectivity index is 1.92. The van der Waals surface area contributed by atoms with Crippen molar-refractivity contribution in [3.63, 3.8) is 0 Å². The van der Waals surface area contributed by atoms with Crippen LogP contribution in [0.1, 0.15) is 42.2 Å². The SMILES string of the molecule is O=C1OCCC1n1cnc2sc3c(c2c1=O)CCCCC3. The first-order valence-electron chi connectivity index (χ1n) is 7.44. The van der Waals surface area contributed by atoms with Gasteiger partial charge in [-0.15, -0.1) is 11.3 Å². The number of cyclic esters (lactones) is 1. The molecule has 1 unspecified atom stereocenters. The molecule has 2 aliphatic rings. The minimum Gasteiger partial charge on any atom is -0.464 e. The topological polar surface area (TPSA) is 61.2 Å². The molecule has 1 aliphatic carbocycles. The van der Waals surface area contributed by atoms with Crippen molar-refractivity contribution in [1.82, 2.24) is 9.55 Å². The maximum absolute atomic E-state index is 12.8. The van der Waals surface area contributed by atoms with Crippen molar-refractivity contribution in [2.24, 2.45) is 0 Å². The van der Waals surface area contributed by atoms with Gasteiger partial charge in [0.15, 0.2) is 0 Å². The Bertz CT molecular complexity index is 777. The van der Waals surface area contributed by atoms with Crippen LogP contribution in [0, 0.1) is 0 Å². The molecular weight excluding hydrogens is 288 g/mol. The molecule has 21 heavy (non-hydrogen) atoms. The molecule has 1 fully saturated rings. The molecule has 0 radical (unpaired) electrons. The van der Waals surface area contributed by atoms with Crippen LogP contribution >= 0.6 is 11.3 Å². The highest BCUT2D eigenvalue weighted by Crippen LogP contribution is 2.33. The minimum atomic E-state index is -0.504. The van der Waals surface area contributed by atoms with Gasteiger partial charge in [0.25, 0.3) is 5.56 Å². The van der Waals surface area contributed by atoms with Crippen molar-refractivity contribution >= 4 is 27.5 Å². The van der Waals surface area contributed by atoms with Gasteiger partial charge in [-0.05, 0) is 31.2 Å². The average molecular weight is 304 g/mol. The number of carbonyl (C=O) groups excluding carboxylic acids is 1. The zero-order chi connectivity index (χ0) is 14.4. The smallest absolute Gasteiger partial charge is 0.329 e. The molecular formula is C15H16N2O3S. The van der Waals surface area contributed by atoms with Crippen LogP contribution in [0.5, 0.6) is 0 Å². The van der Waals surface area contributed by atoms with Crippen LogP contribution in [-0.2, 0) is 22.4 Å². The van der Waals surface area contributed by atoms with Gasteiger partial charge in [-0.1, -0.05) is 6.42 Å². The second kappa shape index (κ2) is 4.94. The van der Waals surface area contributed by atoms with Gasteiger partial charge >= 0.3 is 5.97 Å². The van der Waals surface area contributed by atoms with E-state index in [2.05, 4.69) is 4.98 Å². The summed E-state index contributed by atoms with van der Waals surface area (Å²) in [7, 11) is 0. The Morgan fingerprint density at radius 1 is 1.24 bits per heavy atom. The van der Waals surface area contributed by atoms with Crippen molar-refractivity contribution in [2.45, 2.75) is 44.6 Å². The summed E-state index contributed by atoms with van der Waals surface area (Å²) >= 11 is 1.64. The van der Waals surface area contributed by atoms with Crippen LogP contribution in [0.4, 0.5) is 0 Å². The fourth-order valence-corrected chi connectivity index (χ4v) is 4.52. The molecule has 0 saturated carbocycles. The zero-order valence-corrected chi connectivity index (χ0v) is 12.4. The summed E-state index contributed by atoms with van der Waals surface area (Å²) in [4.78, 5) is 31.1. The van der Waals surface area contributed by atoms with Gasteiger partial charge in [0, 0.05) is 11.3 Å². The van der Waals surface area contributed by atoms with Gasteiger partial charge in [-0.2, -0.15) is 0 Å². The van der Waals surface area contributed by atoms with E-state index in [9.17, 15) is 9.59 Å². The molecule has 5 nitrogen and oxygen atoms in total. The van der Waals surface area contributed by atoms with Crippen LogP contribution in [-0.4, -0.2) is 22.1 Å². The van der Waals surface area contributed by atoms with E-state index >= 15 is 0 Å². The number of esters is 1. The molecule has 0 spiro atoms. The monoisotopic (exact) mass is 304 g/mol. The first-order valence-corrected chi connectivity index (χ1v) is 8.25. The predicted molar refractivity (Wildman–Crippen MR) is 79.8 cm³/mol. The Hall–Kier alpha value is -1.69. The number of nitrogens with zero attached hydrogens (tertiary/aromatic N) is 2. The molecule has 1 saturated heterocycles. The molecule has 110 valence electrons. The Labute approximate surface area is 125 Å². The number of carbonyl (C=O) groups is 1. The van der Waals surface area contributed by atoms with Gasteiger partial charge in [0.2, 0.25) is 0 Å². The lowest BCUT2D eigenvalue weighted by atomic mass is 10.1. The van der Waals surface area contributed by atoms with Gasteiger partial charge in [-0.25, -0.2) is 9.78 Å². The standard InChI is InChI=1S/C15H16N2O3S/c18-14-12-9-4-2-1-3-5-11(9)21-13(12)16-8-17(14)10-6-7-20-15(10)19/h8,10H,1-7H2. The Morgan fingerprint density at radius 2 is 2.10 bits per heavy atom. The number of ether oxygens (including phenoxy) is 1. The summed E-state index contributed by atoms with van der Waals surface area (Å²) in [5.41, 5.74) is 1.09. The molecule has 2 aromatic heterocycles. The first-order chi connectivity index (χ1) is 10.3. The summed E-state index contributed by atoms with van der Waals surface area (Å²) in [6.45, 7) is 0.385. The molecule has 0 N–H and O–H groups in total. The van der Waals surface area contributed by atoms with E-state index in [-0.39, 0.29) is 11.5 Å². The van der Waals surface area contributed by atoms with Crippen molar-refractivity contribution in [2.75, 3.05) is 6.61 Å². The number of fused-ring (bicyclic) bond motifs is 3. The highest BCUT2D eigenvalue weighted by Gasteiger charge is 2.30. The van der Waals surface area contributed by atoms with E-state index in [4.69, 9.17) is 4.74 Å². The van der Waals surface area contributed by atoms with Gasteiger partial charge < -0.3 is 4.74 Å². The molecule has 4 rings (SSSR count). The van der Waals surface area contributed by atoms with E-state index in [0.717, 1.165) is 29.5 Å². The van der Waals surface area contributed by atoms with E-state index in [1.54, 1.807) is 11.3 Å². The highest BCUT2D eigenvalue weighted by atomic mass is 32.1. The van der Waals surface area contributed by atoms with Gasteiger partial charge in [0.05, 0.1) is 18.3 Å². The van der Waals surface area contributed by atoms with E-state index < -0.39 is 6.04 Å². The second-order valence-electron chi connectivity index (χ2n) is 5.67. The van der Waals surface area contributed by atoms with Crippen LogP contribution in [0.15, 0.2) is 11.1 Å². The predicted octanol–water partition coefficient (Wildman–Crippen LogP) is 2.21. The Morgan fingerprint density at radius 3 is 2.90 bits per heavy atom. The van der Waals surface area contributed by atoms with Crippen molar-refractivity contribution in [3.8, 4) is 0 Å². The molecule has 0 aromatic carbocycles. The molecule has 0 bridgehead atoms. The summed E-state index contributed by atoms with van der Waals surface area (Å²) in [6, 6.07) is -0.504. The van der Waals surface area contributed by atoms with Crippen molar-refractivity contribution < 1.29 is 9.53 Å². The molecule has 1 aliphatic heterocycles.